The molecule has 1 aromatic rings. The lowest BCUT2D eigenvalue weighted by Crippen LogP contribution is -2.71. The largest absolute Gasteiger partial charge is 0.462 e. The van der Waals surface area contributed by atoms with Crippen molar-refractivity contribution < 1.29 is 37.9 Å². The van der Waals surface area contributed by atoms with Gasteiger partial charge in [-0.05, 0) is 25.2 Å². The number of ether oxygens (including phenoxy) is 2. The number of amides is 3. The Hall–Kier alpha value is -3.23. The highest BCUT2D eigenvalue weighted by Gasteiger charge is 2.54. The van der Waals surface area contributed by atoms with E-state index in [-0.39, 0.29) is 48.5 Å². The summed E-state index contributed by atoms with van der Waals surface area (Å²) in [6.07, 6.45) is 0.367. The Balaban J connectivity index is 0.00000481. The van der Waals surface area contributed by atoms with Crippen molar-refractivity contribution in [3.8, 4) is 0 Å². The van der Waals surface area contributed by atoms with Crippen LogP contribution in [0, 0.1) is 0 Å². The van der Waals surface area contributed by atoms with Gasteiger partial charge in [0.2, 0.25) is 5.71 Å². The number of likely N-dealkylation sites (N-methyl/N-ethyl adjacent to an activating group) is 1. The molecule has 2 unspecified atom stereocenters. The first-order valence-electron chi connectivity index (χ1n) is 11.3. The van der Waals surface area contributed by atoms with E-state index in [0.717, 1.165) is 13.1 Å². The van der Waals surface area contributed by atoms with Gasteiger partial charge in [-0.3, -0.25) is 14.5 Å². The molecule has 0 aromatic carbocycles. The lowest BCUT2D eigenvalue weighted by atomic mass is 10.0. The minimum absolute atomic E-state index is 0. The summed E-state index contributed by atoms with van der Waals surface area (Å²) in [5.74, 6) is -1.50. The van der Waals surface area contributed by atoms with Crippen LogP contribution in [0.2, 0.25) is 0 Å². The SMILES string of the molecule is CCN(CC)CCOC(=O)C1=C(COC(N)=O)CSC2C(NC(=O)/C(=N/OC)c3ccco3)C(=O)N12.Cl. The number of nitrogens with one attached hydrogen (secondary N) is 1. The van der Waals surface area contributed by atoms with Crippen molar-refractivity contribution >= 4 is 53.8 Å². The van der Waals surface area contributed by atoms with Gasteiger partial charge in [-0.1, -0.05) is 19.0 Å². The van der Waals surface area contributed by atoms with Crippen LogP contribution in [0.3, 0.4) is 0 Å². The van der Waals surface area contributed by atoms with Crippen molar-refractivity contribution in [3.63, 3.8) is 0 Å². The average Bonchev–Trinajstić information content (AvgIpc) is 3.40. The van der Waals surface area contributed by atoms with Crippen LogP contribution in [0.15, 0.2) is 39.2 Å². The van der Waals surface area contributed by atoms with Crippen LogP contribution in [0.4, 0.5) is 4.79 Å². The molecule has 204 valence electrons. The fraction of sp³-hybridized carbons (Fsp3) is 0.500. The molecule has 13 nitrogen and oxygen atoms in total. The van der Waals surface area contributed by atoms with E-state index >= 15 is 0 Å². The zero-order chi connectivity index (χ0) is 26.2. The van der Waals surface area contributed by atoms with Crippen LogP contribution in [0.5, 0.6) is 0 Å². The third-order valence-electron chi connectivity index (χ3n) is 5.60. The fourth-order valence-electron chi connectivity index (χ4n) is 3.73. The first-order chi connectivity index (χ1) is 17.3. The topological polar surface area (TPSA) is 166 Å². The number of rotatable bonds is 12. The van der Waals surface area contributed by atoms with Crippen molar-refractivity contribution in [1.82, 2.24) is 15.1 Å². The molecule has 3 amide bonds. The molecule has 3 heterocycles. The van der Waals surface area contributed by atoms with Gasteiger partial charge in [0.25, 0.3) is 11.8 Å². The van der Waals surface area contributed by atoms with Gasteiger partial charge in [0.1, 0.15) is 37.4 Å². The van der Waals surface area contributed by atoms with E-state index in [1.807, 2.05) is 13.8 Å². The standard InChI is InChI=1S/C22H29N5O8S.ClH/c1-4-26(5-2)8-10-34-21(30)17-13(11-35-22(23)31)12-36-20-16(19(29)27(17)20)24-18(28)15(25-32-3)14-7-6-9-33-14;/h6-7,9,16,20H,4-5,8,10-12H2,1-3H3,(H2,23,31)(H,24,28);1H/b25-15+;. The molecule has 15 heteroatoms. The quantitative estimate of drug-likeness (QED) is 0.161. The summed E-state index contributed by atoms with van der Waals surface area (Å²) in [6, 6.07) is 2.18. The monoisotopic (exact) mass is 559 g/mol. The zero-order valence-electron chi connectivity index (χ0n) is 20.6. The number of halogens is 1. The molecular weight excluding hydrogens is 530 g/mol. The Labute approximate surface area is 224 Å². The molecule has 0 spiro atoms. The molecule has 0 bridgehead atoms. The van der Waals surface area contributed by atoms with Crippen LogP contribution in [-0.2, 0) is 28.7 Å². The van der Waals surface area contributed by atoms with E-state index in [2.05, 4.69) is 15.4 Å². The number of primary amides is 1. The maximum Gasteiger partial charge on any atom is 0.404 e. The third kappa shape index (κ3) is 6.96. The second kappa shape index (κ2) is 13.9. The smallest absolute Gasteiger partial charge is 0.404 e. The summed E-state index contributed by atoms with van der Waals surface area (Å²) in [5, 5.41) is 5.75. The molecule has 0 radical (unpaired) electrons. The maximum atomic E-state index is 13.1. The number of esters is 1. The number of nitrogens with zero attached hydrogens (tertiary/aromatic N) is 3. The van der Waals surface area contributed by atoms with Crippen LogP contribution in [-0.4, -0.2) is 96.5 Å². The summed E-state index contributed by atoms with van der Waals surface area (Å²) in [6.45, 7) is 5.97. The normalized spacial score (nSPS) is 19.0. The van der Waals surface area contributed by atoms with Crippen molar-refractivity contribution in [2.24, 2.45) is 10.9 Å². The van der Waals surface area contributed by atoms with Gasteiger partial charge >= 0.3 is 12.1 Å². The first-order valence-corrected chi connectivity index (χ1v) is 12.3. The Kier molecular flexibility index (Phi) is 11.3. The molecule has 0 aliphatic carbocycles. The molecule has 2 aliphatic heterocycles. The number of β-lactam (4-membered cyclic amide) rings is 1. The number of furan rings is 1. The van der Waals surface area contributed by atoms with Crippen LogP contribution >= 0.6 is 24.2 Å². The predicted octanol–water partition coefficient (Wildman–Crippen LogP) is 0.686. The number of nitrogens with two attached hydrogens (primary N) is 1. The minimum Gasteiger partial charge on any atom is -0.462 e. The summed E-state index contributed by atoms with van der Waals surface area (Å²) in [5.41, 5.74) is 5.32. The van der Waals surface area contributed by atoms with Gasteiger partial charge in [-0.15, -0.1) is 24.2 Å². The average molecular weight is 560 g/mol. The van der Waals surface area contributed by atoms with Crippen LogP contribution < -0.4 is 11.1 Å². The van der Waals surface area contributed by atoms with E-state index in [9.17, 15) is 19.2 Å². The number of fused-ring (bicyclic) bond motifs is 1. The highest BCUT2D eigenvalue weighted by Crippen LogP contribution is 2.40. The van der Waals surface area contributed by atoms with E-state index in [1.165, 1.54) is 36.1 Å². The van der Waals surface area contributed by atoms with E-state index < -0.39 is 35.3 Å². The number of thioether (sulfide) groups is 1. The molecule has 3 rings (SSSR count). The number of oxime groups is 1. The summed E-state index contributed by atoms with van der Waals surface area (Å²) < 4.78 is 15.5. The van der Waals surface area contributed by atoms with Gasteiger partial charge in [0.15, 0.2) is 5.76 Å². The van der Waals surface area contributed by atoms with Crippen molar-refractivity contribution in [3.05, 3.63) is 35.4 Å². The minimum atomic E-state index is -1.01. The summed E-state index contributed by atoms with van der Waals surface area (Å²) >= 11 is 1.30. The van der Waals surface area contributed by atoms with Crippen molar-refractivity contribution in [2.45, 2.75) is 25.3 Å². The molecule has 1 fully saturated rings. The Bertz CT molecular complexity index is 1040. The summed E-state index contributed by atoms with van der Waals surface area (Å²) in [7, 11) is 1.28. The Morgan fingerprint density at radius 3 is 2.62 bits per heavy atom. The second-order valence-corrected chi connectivity index (χ2v) is 8.79. The molecular formula is C22H30ClN5O8S. The highest BCUT2D eigenvalue weighted by molar-refractivity contribution is 8.00. The number of carbonyl (C=O) groups is 4. The Morgan fingerprint density at radius 2 is 2.03 bits per heavy atom. The first kappa shape index (κ1) is 30.0. The lowest BCUT2D eigenvalue weighted by molar-refractivity contribution is -0.152. The van der Waals surface area contributed by atoms with Crippen molar-refractivity contribution in [2.75, 3.05) is 45.7 Å². The van der Waals surface area contributed by atoms with Gasteiger partial charge in [-0.25, -0.2) is 9.59 Å². The number of carbonyl (C=O) groups excluding carboxylic acids is 4. The van der Waals surface area contributed by atoms with Crippen LogP contribution in [0.25, 0.3) is 0 Å². The molecule has 3 N–H and O–H groups in total. The van der Waals surface area contributed by atoms with Crippen LogP contribution in [0.1, 0.15) is 19.6 Å². The number of hydrogen-bond donors (Lipinski definition) is 2. The predicted molar refractivity (Wildman–Crippen MR) is 136 cm³/mol. The van der Waals surface area contributed by atoms with E-state index in [1.54, 1.807) is 6.07 Å². The zero-order valence-corrected chi connectivity index (χ0v) is 22.3. The number of hydrogen-bond acceptors (Lipinski definition) is 11. The van der Waals surface area contributed by atoms with Gasteiger partial charge in [0, 0.05) is 17.9 Å². The third-order valence-corrected chi connectivity index (χ3v) is 6.94. The fourth-order valence-corrected chi connectivity index (χ4v) is 5.06. The van der Waals surface area contributed by atoms with Gasteiger partial charge in [-0.2, -0.15) is 0 Å². The van der Waals surface area contributed by atoms with Gasteiger partial charge < -0.3 is 34.7 Å². The Morgan fingerprint density at radius 1 is 1.30 bits per heavy atom. The highest BCUT2D eigenvalue weighted by atomic mass is 35.5. The molecule has 2 atom stereocenters. The second-order valence-electron chi connectivity index (χ2n) is 7.68. The molecule has 0 saturated carbocycles. The maximum absolute atomic E-state index is 13.1. The summed E-state index contributed by atoms with van der Waals surface area (Å²) in [4.78, 5) is 58.1. The molecule has 2 aliphatic rings. The van der Waals surface area contributed by atoms with E-state index in [0.29, 0.717) is 12.1 Å². The van der Waals surface area contributed by atoms with Gasteiger partial charge in [0.05, 0.1) is 6.26 Å². The van der Waals surface area contributed by atoms with Crippen molar-refractivity contribution in [1.29, 1.82) is 0 Å². The van der Waals surface area contributed by atoms with E-state index in [4.69, 9.17) is 24.5 Å². The lowest BCUT2D eigenvalue weighted by Gasteiger charge is -2.49. The molecule has 37 heavy (non-hydrogen) atoms. The molecule has 1 aromatic heterocycles. The molecule has 1 saturated heterocycles.